The highest BCUT2D eigenvalue weighted by molar-refractivity contribution is 5.50. The summed E-state index contributed by atoms with van der Waals surface area (Å²) in [5.74, 6) is -1.86. The minimum atomic E-state index is -0.830. The van der Waals surface area contributed by atoms with Gasteiger partial charge in [-0.3, -0.25) is 0 Å². The first kappa shape index (κ1) is 14.9. The molecule has 22 heavy (non-hydrogen) atoms. The molecule has 0 saturated carbocycles. The molecule has 0 fully saturated rings. The first-order valence-corrected chi connectivity index (χ1v) is 7.47. The van der Waals surface area contributed by atoms with Gasteiger partial charge in [0.05, 0.1) is 0 Å². The molecule has 114 valence electrons. The van der Waals surface area contributed by atoms with Crippen molar-refractivity contribution in [3.63, 3.8) is 0 Å². The van der Waals surface area contributed by atoms with Gasteiger partial charge in [0.1, 0.15) is 5.82 Å². The fraction of sp³-hybridized carbons (Fsp3) is 0.263. The standard InChI is InChI=1S/C19H17F3/c1-2-3-12-4-7-16(17(20)8-12)14-6-5-13-10-18(21)19(22)11-15(13)9-14/h2-4,7-8,10-11,14H,5-6,9H2,1H3/b3-2+. The molecule has 0 radical (unpaired) electrons. The van der Waals surface area contributed by atoms with E-state index in [9.17, 15) is 13.2 Å². The van der Waals surface area contributed by atoms with Gasteiger partial charge in [0.2, 0.25) is 0 Å². The van der Waals surface area contributed by atoms with Crippen LogP contribution in [0.25, 0.3) is 6.08 Å². The number of allylic oxidation sites excluding steroid dienone is 1. The molecule has 0 aromatic heterocycles. The van der Waals surface area contributed by atoms with Crippen LogP contribution < -0.4 is 0 Å². The van der Waals surface area contributed by atoms with E-state index in [1.165, 1.54) is 18.2 Å². The van der Waals surface area contributed by atoms with Gasteiger partial charge >= 0.3 is 0 Å². The third-order valence-corrected chi connectivity index (χ3v) is 4.29. The van der Waals surface area contributed by atoms with Crippen molar-refractivity contribution in [1.29, 1.82) is 0 Å². The Balaban J connectivity index is 1.90. The van der Waals surface area contributed by atoms with Gasteiger partial charge in [0.15, 0.2) is 11.6 Å². The van der Waals surface area contributed by atoms with E-state index in [2.05, 4.69) is 0 Å². The molecule has 0 bridgehead atoms. The maximum Gasteiger partial charge on any atom is 0.159 e. The van der Waals surface area contributed by atoms with Gasteiger partial charge in [-0.2, -0.15) is 0 Å². The lowest BCUT2D eigenvalue weighted by Crippen LogP contribution is -2.15. The molecule has 1 atom stereocenters. The summed E-state index contributed by atoms with van der Waals surface area (Å²) in [7, 11) is 0. The van der Waals surface area contributed by atoms with Gasteiger partial charge in [-0.25, -0.2) is 13.2 Å². The van der Waals surface area contributed by atoms with Crippen LogP contribution in [0.15, 0.2) is 36.4 Å². The molecule has 0 spiro atoms. The lowest BCUT2D eigenvalue weighted by atomic mass is 9.80. The van der Waals surface area contributed by atoms with E-state index in [-0.39, 0.29) is 11.7 Å². The molecule has 0 nitrogen and oxygen atoms in total. The van der Waals surface area contributed by atoms with E-state index in [4.69, 9.17) is 0 Å². The minimum Gasteiger partial charge on any atom is -0.207 e. The quantitative estimate of drug-likeness (QED) is 0.696. The molecular formula is C19H17F3. The summed E-state index contributed by atoms with van der Waals surface area (Å²) in [5, 5.41) is 0. The Morgan fingerprint density at radius 2 is 1.68 bits per heavy atom. The highest BCUT2D eigenvalue weighted by atomic mass is 19.2. The molecule has 2 aromatic rings. The molecular weight excluding hydrogens is 285 g/mol. The SMILES string of the molecule is C/C=C/c1ccc(C2CCc3cc(F)c(F)cc3C2)c(F)c1. The zero-order valence-corrected chi connectivity index (χ0v) is 12.4. The first-order valence-electron chi connectivity index (χ1n) is 7.47. The van der Waals surface area contributed by atoms with E-state index in [0.717, 1.165) is 23.1 Å². The van der Waals surface area contributed by atoms with Gasteiger partial charge in [-0.1, -0.05) is 24.3 Å². The van der Waals surface area contributed by atoms with Gasteiger partial charge < -0.3 is 0 Å². The Kier molecular flexibility index (Phi) is 4.06. The van der Waals surface area contributed by atoms with E-state index < -0.39 is 11.6 Å². The molecule has 0 saturated heterocycles. The number of halogens is 3. The van der Waals surface area contributed by atoms with Crippen LogP contribution in [0, 0.1) is 17.5 Å². The Morgan fingerprint density at radius 3 is 2.36 bits per heavy atom. The van der Waals surface area contributed by atoms with Crippen molar-refractivity contribution in [3.05, 3.63) is 76.1 Å². The van der Waals surface area contributed by atoms with Crippen molar-refractivity contribution in [3.8, 4) is 0 Å². The van der Waals surface area contributed by atoms with Crippen LogP contribution in [0.1, 0.15) is 41.5 Å². The van der Waals surface area contributed by atoms with E-state index in [1.54, 1.807) is 6.07 Å². The molecule has 3 rings (SSSR count). The predicted molar refractivity (Wildman–Crippen MR) is 82.2 cm³/mol. The fourth-order valence-corrected chi connectivity index (χ4v) is 3.19. The lowest BCUT2D eigenvalue weighted by Gasteiger charge is -2.25. The summed E-state index contributed by atoms with van der Waals surface area (Å²) in [5.41, 5.74) is 3.10. The number of hydrogen-bond donors (Lipinski definition) is 0. The van der Waals surface area contributed by atoms with Crippen molar-refractivity contribution in [2.45, 2.75) is 32.1 Å². The summed E-state index contributed by atoms with van der Waals surface area (Å²) in [6, 6.07) is 7.74. The summed E-state index contributed by atoms with van der Waals surface area (Å²) < 4.78 is 41.0. The average molecular weight is 302 g/mol. The maximum absolute atomic E-state index is 14.3. The molecule has 2 aromatic carbocycles. The minimum absolute atomic E-state index is 0.0111. The number of hydrogen-bond acceptors (Lipinski definition) is 0. The normalized spacial score (nSPS) is 17.7. The second-order valence-corrected chi connectivity index (χ2v) is 5.76. The summed E-state index contributed by atoms with van der Waals surface area (Å²) in [4.78, 5) is 0. The highest BCUT2D eigenvalue weighted by Crippen LogP contribution is 2.35. The Bertz CT molecular complexity index is 732. The molecule has 0 N–H and O–H groups in total. The van der Waals surface area contributed by atoms with Crippen LogP contribution in [-0.2, 0) is 12.8 Å². The van der Waals surface area contributed by atoms with Crippen LogP contribution in [0.2, 0.25) is 0 Å². The highest BCUT2D eigenvalue weighted by Gasteiger charge is 2.24. The third kappa shape index (κ3) is 2.80. The first-order chi connectivity index (χ1) is 10.6. The van der Waals surface area contributed by atoms with E-state index >= 15 is 0 Å². The van der Waals surface area contributed by atoms with Crippen molar-refractivity contribution in [2.24, 2.45) is 0 Å². The number of aryl methyl sites for hydroxylation is 1. The van der Waals surface area contributed by atoms with Crippen molar-refractivity contribution in [2.75, 3.05) is 0 Å². The third-order valence-electron chi connectivity index (χ3n) is 4.29. The Morgan fingerprint density at radius 1 is 0.955 bits per heavy atom. The Hall–Kier alpha value is -2.03. The van der Waals surface area contributed by atoms with Crippen molar-refractivity contribution < 1.29 is 13.2 Å². The average Bonchev–Trinajstić information content (AvgIpc) is 2.49. The molecule has 3 heteroatoms. The maximum atomic E-state index is 14.3. The van der Waals surface area contributed by atoms with Crippen molar-refractivity contribution in [1.82, 2.24) is 0 Å². The number of rotatable bonds is 2. The lowest BCUT2D eigenvalue weighted by molar-refractivity contribution is 0.492. The molecule has 0 amide bonds. The summed E-state index contributed by atoms with van der Waals surface area (Å²) in [6.07, 6.45) is 5.65. The zero-order chi connectivity index (χ0) is 15.7. The van der Waals surface area contributed by atoms with E-state index in [0.29, 0.717) is 18.4 Å². The smallest absolute Gasteiger partial charge is 0.159 e. The summed E-state index contributed by atoms with van der Waals surface area (Å²) in [6.45, 7) is 1.89. The topological polar surface area (TPSA) is 0 Å². The molecule has 0 heterocycles. The second-order valence-electron chi connectivity index (χ2n) is 5.76. The Labute approximate surface area is 128 Å². The van der Waals surface area contributed by atoms with E-state index in [1.807, 2.05) is 25.1 Å². The fourth-order valence-electron chi connectivity index (χ4n) is 3.19. The van der Waals surface area contributed by atoms with Gasteiger partial charge in [0.25, 0.3) is 0 Å². The van der Waals surface area contributed by atoms with Gasteiger partial charge in [-0.05, 0) is 72.6 Å². The molecule has 0 aliphatic heterocycles. The second kappa shape index (κ2) is 5.99. The van der Waals surface area contributed by atoms with Gasteiger partial charge in [0, 0.05) is 0 Å². The van der Waals surface area contributed by atoms with Crippen LogP contribution in [-0.4, -0.2) is 0 Å². The molecule has 1 aliphatic carbocycles. The van der Waals surface area contributed by atoms with Crippen LogP contribution in [0.3, 0.4) is 0 Å². The predicted octanol–water partition coefficient (Wildman–Crippen LogP) is 5.41. The van der Waals surface area contributed by atoms with Crippen LogP contribution >= 0.6 is 0 Å². The number of fused-ring (bicyclic) bond motifs is 1. The monoisotopic (exact) mass is 302 g/mol. The van der Waals surface area contributed by atoms with Crippen molar-refractivity contribution >= 4 is 6.08 Å². The zero-order valence-electron chi connectivity index (χ0n) is 12.4. The molecule has 1 aliphatic rings. The van der Waals surface area contributed by atoms with Gasteiger partial charge in [-0.15, -0.1) is 0 Å². The summed E-state index contributed by atoms with van der Waals surface area (Å²) >= 11 is 0. The van der Waals surface area contributed by atoms with Crippen LogP contribution in [0.5, 0.6) is 0 Å². The van der Waals surface area contributed by atoms with Crippen LogP contribution in [0.4, 0.5) is 13.2 Å². The largest absolute Gasteiger partial charge is 0.207 e. The molecule has 1 unspecified atom stereocenters. The number of benzene rings is 2.